The molecule has 2 atom stereocenters. The summed E-state index contributed by atoms with van der Waals surface area (Å²) < 4.78 is 0. The Hall–Kier alpha value is -0.830. The molecule has 2 fully saturated rings. The Morgan fingerprint density at radius 2 is 1.94 bits per heavy atom. The summed E-state index contributed by atoms with van der Waals surface area (Å²) >= 11 is 0.968. The van der Waals surface area contributed by atoms with Crippen LogP contribution in [0.25, 0.3) is 0 Å². The van der Waals surface area contributed by atoms with E-state index in [1.54, 1.807) is 0 Å². The number of aliphatic hydroxyl groups is 1. The lowest BCUT2D eigenvalue weighted by Gasteiger charge is -2.15. The molecule has 0 aliphatic carbocycles. The fourth-order valence-corrected chi connectivity index (χ4v) is 2.51. The second kappa shape index (κ2) is 6.93. The Kier molecular flexibility index (Phi) is 5.86. The number of carboxylic acids is 1. The number of thioether (sulfide) groups is 1. The maximum Gasteiger partial charge on any atom is 0.366 e. The normalized spacial score (nSPS) is 30.6. The zero-order chi connectivity index (χ0) is 13.6. The van der Waals surface area contributed by atoms with Crippen molar-refractivity contribution in [2.24, 2.45) is 0 Å². The van der Waals surface area contributed by atoms with Gasteiger partial charge in [-0.05, 0) is 44.1 Å². The summed E-state index contributed by atoms with van der Waals surface area (Å²) in [7, 11) is 0. The molecule has 0 bridgehead atoms. The van der Waals surface area contributed by atoms with Crippen LogP contribution in [0.4, 0.5) is 4.79 Å². The van der Waals surface area contributed by atoms with E-state index in [4.69, 9.17) is 15.3 Å². The highest BCUT2D eigenvalue weighted by molar-refractivity contribution is 8.13. The van der Waals surface area contributed by atoms with E-state index >= 15 is 0 Å². The maximum absolute atomic E-state index is 10.2. The average Bonchev–Trinajstić information content (AvgIpc) is 2.90. The minimum absolute atomic E-state index is 0.155. The zero-order valence-corrected chi connectivity index (χ0v) is 10.7. The molecule has 0 radical (unpaired) electrons. The zero-order valence-electron chi connectivity index (χ0n) is 9.89. The fraction of sp³-hybridized carbons (Fsp3) is 0.800. The van der Waals surface area contributed by atoms with Gasteiger partial charge in [0, 0.05) is 6.42 Å². The molecule has 2 aliphatic heterocycles. The lowest BCUT2D eigenvalue weighted by Crippen LogP contribution is -2.47. The highest BCUT2D eigenvalue weighted by atomic mass is 32.2. The quantitative estimate of drug-likeness (QED) is 0.488. The van der Waals surface area contributed by atoms with E-state index in [2.05, 4.69) is 10.6 Å². The summed E-state index contributed by atoms with van der Waals surface area (Å²) in [6.07, 6.45) is 3.12. The molecule has 7 nitrogen and oxygen atoms in total. The van der Waals surface area contributed by atoms with Crippen molar-refractivity contribution in [1.82, 2.24) is 10.6 Å². The van der Waals surface area contributed by atoms with E-state index in [1.807, 2.05) is 0 Å². The van der Waals surface area contributed by atoms with E-state index in [0.717, 1.165) is 37.6 Å². The van der Waals surface area contributed by atoms with Crippen molar-refractivity contribution in [2.75, 3.05) is 13.1 Å². The molecule has 2 aliphatic rings. The Balaban J connectivity index is 0.000000180. The third-order valence-corrected chi connectivity index (χ3v) is 3.63. The lowest BCUT2D eigenvalue weighted by molar-refractivity contribution is -0.160. The van der Waals surface area contributed by atoms with Crippen LogP contribution in [0.5, 0.6) is 0 Å². The Bertz CT molecular complexity index is 301. The number of carbonyl (C=O) groups is 2. The molecule has 2 saturated heterocycles. The number of rotatable bonds is 2. The molecular formula is C10H18N2O5S. The molecule has 8 heteroatoms. The summed E-state index contributed by atoms with van der Waals surface area (Å²) in [4.78, 5) is 20.3. The molecule has 5 N–H and O–H groups in total. The molecule has 0 amide bonds. The summed E-state index contributed by atoms with van der Waals surface area (Å²) in [5, 5.41) is 30.6. The number of nitrogens with one attached hydrogen (secondary N) is 2. The van der Waals surface area contributed by atoms with Crippen molar-refractivity contribution in [2.45, 2.75) is 36.8 Å². The van der Waals surface area contributed by atoms with Crippen molar-refractivity contribution < 1.29 is 24.9 Å². The van der Waals surface area contributed by atoms with Gasteiger partial charge in [-0.15, -0.1) is 0 Å². The lowest BCUT2D eigenvalue weighted by atomic mass is 10.2. The van der Waals surface area contributed by atoms with Gasteiger partial charge in [0.2, 0.25) is 5.72 Å². The van der Waals surface area contributed by atoms with E-state index < -0.39 is 17.0 Å². The van der Waals surface area contributed by atoms with Crippen molar-refractivity contribution in [3.05, 3.63) is 0 Å². The standard InChI is InChI=1S/C5H9NO3.C5H9NO2S/c7-4(8)5(9)2-1-3-6-5;7-5(8)9-4-2-1-3-6-4/h6,9H,1-3H2,(H,7,8);4,6H,1-3H2,(H,7,8). The first-order valence-electron chi connectivity index (χ1n) is 5.78. The van der Waals surface area contributed by atoms with E-state index in [9.17, 15) is 9.59 Å². The Morgan fingerprint density at radius 1 is 1.22 bits per heavy atom. The fourth-order valence-electron chi connectivity index (χ4n) is 1.79. The highest BCUT2D eigenvalue weighted by Gasteiger charge is 2.38. The molecule has 18 heavy (non-hydrogen) atoms. The second-order valence-electron chi connectivity index (χ2n) is 4.16. The summed E-state index contributed by atoms with van der Waals surface area (Å²) in [5.74, 6) is -1.18. The van der Waals surface area contributed by atoms with Crippen LogP contribution in [0.3, 0.4) is 0 Å². The predicted octanol–water partition coefficient (Wildman–Crippen LogP) is 0.250. The SMILES string of the molecule is O=C(O)C1(O)CCCN1.O=C(O)SC1CCCN1. The van der Waals surface area contributed by atoms with Gasteiger partial charge in [0.15, 0.2) is 0 Å². The number of aliphatic carboxylic acids is 1. The van der Waals surface area contributed by atoms with Crippen LogP contribution < -0.4 is 10.6 Å². The maximum atomic E-state index is 10.2. The minimum atomic E-state index is -1.64. The molecule has 0 aromatic heterocycles. The van der Waals surface area contributed by atoms with Crippen molar-refractivity contribution in [3.8, 4) is 0 Å². The largest absolute Gasteiger partial charge is 0.478 e. The molecule has 0 aromatic rings. The van der Waals surface area contributed by atoms with Crippen molar-refractivity contribution >= 4 is 23.0 Å². The monoisotopic (exact) mass is 278 g/mol. The number of hydrogen-bond acceptors (Lipinski definition) is 6. The summed E-state index contributed by atoms with van der Waals surface area (Å²) in [5.41, 5.74) is -1.64. The predicted molar refractivity (Wildman–Crippen MR) is 66.5 cm³/mol. The minimum Gasteiger partial charge on any atom is -0.478 e. The first kappa shape index (κ1) is 15.2. The first-order chi connectivity index (χ1) is 8.44. The Labute approximate surface area is 109 Å². The topological polar surface area (TPSA) is 119 Å². The van der Waals surface area contributed by atoms with Gasteiger partial charge >= 0.3 is 11.3 Å². The molecule has 104 valence electrons. The number of hydrogen-bond donors (Lipinski definition) is 5. The van der Waals surface area contributed by atoms with Gasteiger partial charge in [-0.25, -0.2) is 9.59 Å². The van der Waals surface area contributed by atoms with Crippen LogP contribution in [-0.2, 0) is 4.79 Å². The Morgan fingerprint density at radius 3 is 2.28 bits per heavy atom. The molecule has 0 aromatic carbocycles. The van der Waals surface area contributed by atoms with Crippen LogP contribution in [0.15, 0.2) is 0 Å². The summed E-state index contributed by atoms with van der Waals surface area (Å²) in [6.45, 7) is 1.55. The third-order valence-electron chi connectivity index (χ3n) is 2.74. The van der Waals surface area contributed by atoms with Crippen LogP contribution in [0.2, 0.25) is 0 Å². The van der Waals surface area contributed by atoms with Crippen molar-refractivity contribution in [3.63, 3.8) is 0 Å². The van der Waals surface area contributed by atoms with Gasteiger partial charge in [0.05, 0.1) is 5.37 Å². The van der Waals surface area contributed by atoms with Crippen LogP contribution in [-0.4, -0.2) is 50.8 Å². The molecule has 2 heterocycles. The number of carboxylic acid groups (broad SMARTS) is 2. The highest BCUT2D eigenvalue weighted by Crippen LogP contribution is 2.18. The van der Waals surface area contributed by atoms with Crippen LogP contribution in [0, 0.1) is 0 Å². The third kappa shape index (κ3) is 4.81. The van der Waals surface area contributed by atoms with Gasteiger partial charge in [-0.3, -0.25) is 5.32 Å². The van der Waals surface area contributed by atoms with E-state index in [-0.39, 0.29) is 5.37 Å². The van der Waals surface area contributed by atoms with E-state index in [1.165, 1.54) is 0 Å². The van der Waals surface area contributed by atoms with Gasteiger partial charge in [0.1, 0.15) is 0 Å². The van der Waals surface area contributed by atoms with Crippen LogP contribution >= 0.6 is 11.8 Å². The van der Waals surface area contributed by atoms with Gasteiger partial charge in [-0.1, -0.05) is 0 Å². The van der Waals surface area contributed by atoms with Gasteiger partial charge in [0.25, 0.3) is 0 Å². The van der Waals surface area contributed by atoms with Gasteiger partial charge in [-0.2, -0.15) is 0 Å². The molecule has 2 unspecified atom stereocenters. The molecule has 2 rings (SSSR count). The second-order valence-corrected chi connectivity index (χ2v) is 5.32. The molecule has 0 saturated carbocycles. The average molecular weight is 278 g/mol. The van der Waals surface area contributed by atoms with Crippen LogP contribution in [0.1, 0.15) is 25.7 Å². The smallest absolute Gasteiger partial charge is 0.366 e. The van der Waals surface area contributed by atoms with Crippen molar-refractivity contribution in [1.29, 1.82) is 0 Å². The molecule has 0 spiro atoms. The van der Waals surface area contributed by atoms with E-state index in [0.29, 0.717) is 13.0 Å². The molecular weight excluding hydrogens is 260 g/mol. The summed E-state index contributed by atoms with van der Waals surface area (Å²) in [6, 6.07) is 0. The van der Waals surface area contributed by atoms with Gasteiger partial charge < -0.3 is 20.6 Å². The first-order valence-corrected chi connectivity index (χ1v) is 6.66.